The summed E-state index contributed by atoms with van der Waals surface area (Å²) in [5.41, 5.74) is 0.976. The average molecular weight is 323 g/mol. The Morgan fingerprint density at radius 2 is 1.60 bits per heavy atom. The SMILES string of the molecule is CC.CC.Cc1ccncccn[nH]1.I. The van der Waals surface area contributed by atoms with Crippen LogP contribution in [0.5, 0.6) is 0 Å². The van der Waals surface area contributed by atoms with Gasteiger partial charge >= 0.3 is 0 Å². The summed E-state index contributed by atoms with van der Waals surface area (Å²) in [7, 11) is 0. The Morgan fingerprint density at radius 3 is 2.20 bits per heavy atom. The minimum Gasteiger partial charge on any atom is -0.283 e. The zero-order valence-electron chi connectivity index (χ0n) is 10.2. The van der Waals surface area contributed by atoms with Gasteiger partial charge < -0.3 is 0 Å². The highest BCUT2D eigenvalue weighted by Gasteiger charge is 1.70. The Labute approximate surface area is 110 Å². The molecule has 0 aromatic carbocycles. The number of nitrogens with zero attached hydrogens (tertiary/aromatic N) is 2. The van der Waals surface area contributed by atoms with Crippen LogP contribution in [0.1, 0.15) is 33.4 Å². The molecule has 1 heterocycles. The van der Waals surface area contributed by atoms with Gasteiger partial charge in [0.05, 0.1) is 0 Å². The Hall–Kier alpha value is -0.650. The molecule has 1 aromatic heterocycles. The van der Waals surface area contributed by atoms with Crippen molar-refractivity contribution in [3.8, 4) is 0 Å². The van der Waals surface area contributed by atoms with Gasteiger partial charge in [0.15, 0.2) is 0 Å². The molecule has 88 valence electrons. The smallest absolute Gasteiger partial charge is 0.0487 e. The Morgan fingerprint density at radius 1 is 1.00 bits per heavy atom. The van der Waals surface area contributed by atoms with Crippen LogP contribution in [0.25, 0.3) is 0 Å². The van der Waals surface area contributed by atoms with Crippen LogP contribution in [0.4, 0.5) is 0 Å². The van der Waals surface area contributed by atoms with Gasteiger partial charge in [0, 0.05) is 24.3 Å². The highest BCUT2D eigenvalue weighted by molar-refractivity contribution is 14.0. The van der Waals surface area contributed by atoms with Crippen LogP contribution in [-0.2, 0) is 0 Å². The number of aryl methyl sites for hydroxylation is 1. The van der Waals surface area contributed by atoms with Crippen molar-refractivity contribution in [3.63, 3.8) is 0 Å². The molecule has 1 rings (SSSR count). The summed E-state index contributed by atoms with van der Waals surface area (Å²) in [6.45, 7) is 9.93. The summed E-state index contributed by atoms with van der Waals surface area (Å²) in [5, 5.41) is 6.67. The van der Waals surface area contributed by atoms with Crippen molar-refractivity contribution in [2.75, 3.05) is 0 Å². The second-order valence-electron chi connectivity index (χ2n) is 1.88. The van der Waals surface area contributed by atoms with Gasteiger partial charge in [0.2, 0.25) is 0 Å². The lowest BCUT2D eigenvalue weighted by Crippen LogP contribution is -1.75. The number of rotatable bonds is 0. The van der Waals surface area contributed by atoms with Crippen LogP contribution in [-0.4, -0.2) is 15.2 Å². The molecular formula is C11H22IN3. The van der Waals surface area contributed by atoms with Crippen molar-refractivity contribution in [2.45, 2.75) is 34.6 Å². The van der Waals surface area contributed by atoms with Crippen LogP contribution in [0.3, 0.4) is 0 Å². The van der Waals surface area contributed by atoms with Crippen LogP contribution in [0, 0.1) is 6.92 Å². The number of nitrogens with one attached hydrogen (secondary N) is 1. The standard InChI is InChI=1S/C7H9N3.2C2H6.HI/c1-7-3-6-8-4-2-5-9-10-7;2*1-2;/h2-6,10H,1H3;2*1-2H3;1H. The van der Waals surface area contributed by atoms with E-state index in [-0.39, 0.29) is 24.0 Å². The third kappa shape index (κ3) is 16.1. The van der Waals surface area contributed by atoms with E-state index < -0.39 is 0 Å². The molecule has 4 heteroatoms. The highest BCUT2D eigenvalue weighted by atomic mass is 127. The van der Waals surface area contributed by atoms with Crippen LogP contribution < -0.4 is 0 Å². The molecule has 0 aliphatic rings. The fraction of sp³-hybridized carbons (Fsp3) is 0.455. The molecule has 0 bridgehead atoms. The molecule has 0 fully saturated rings. The second-order valence-corrected chi connectivity index (χ2v) is 1.88. The molecule has 1 N–H and O–H groups in total. The summed E-state index contributed by atoms with van der Waals surface area (Å²) in [5.74, 6) is 0. The van der Waals surface area contributed by atoms with Crippen molar-refractivity contribution in [1.29, 1.82) is 0 Å². The van der Waals surface area contributed by atoms with Crippen LogP contribution in [0.2, 0.25) is 0 Å². The van der Waals surface area contributed by atoms with E-state index >= 15 is 0 Å². The lowest BCUT2D eigenvalue weighted by molar-refractivity contribution is 0.999. The van der Waals surface area contributed by atoms with Crippen molar-refractivity contribution < 1.29 is 0 Å². The van der Waals surface area contributed by atoms with Crippen LogP contribution >= 0.6 is 24.0 Å². The average Bonchev–Trinajstić information content (AvgIpc) is 2.38. The maximum absolute atomic E-state index is 3.93. The van der Waals surface area contributed by atoms with Gasteiger partial charge in [-0.2, -0.15) is 5.10 Å². The molecule has 0 radical (unpaired) electrons. The van der Waals surface area contributed by atoms with Gasteiger partial charge in [-0.3, -0.25) is 10.1 Å². The molecule has 0 saturated heterocycles. The van der Waals surface area contributed by atoms with E-state index in [1.807, 2.05) is 40.7 Å². The van der Waals surface area contributed by atoms with E-state index in [0.29, 0.717) is 0 Å². The van der Waals surface area contributed by atoms with Crippen LogP contribution in [0.15, 0.2) is 30.7 Å². The summed E-state index contributed by atoms with van der Waals surface area (Å²) in [6.07, 6.45) is 5.05. The molecule has 15 heavy (non-hydrogen) atoms. The molecule has 3 nitrogen and oxygen atoms in total. The largest absolute Gasteiger partial charge is 0.283 e. The molecule has 0 aliphatic heterocycles. The van der Waals surface area contributed by atoms with Gasteiger partial charge in [0.1, 0.15) is 0 Å². The summed E-state index contributed by atoms with van der Waals surface area (Å²) >= 11 is 0. The third-order valence-electron chi connectivity index (χ3n) is 0.984. The normalized spacial score (nSPS) is 6.47. The van der Waals surface area contributed by atoms with E-state index in [9.17, 15) is 0 Å². The van der Waals surface area contributed by atoms with E-state index in [1.54, 1.807) is 24.7 Å². The number of halogens is 1. The zero-order valence-corrected chi connectivity index (χ0v) is 12.5. The third-order valence-corrected chi connectivity index (χ3v) is 0.984. The summed E-state index contributed by atoms with van der Waals surface area (Å²) in [4.78, 5) is 3.93. The molecule has 0 unspecified atom stereocenters. The van der Waals surface area contributed by atoms with E-state index in [4.69, 9.17) is 0 Å². The first-order valence-corrected chi connectivity index (χ1v) is 5.04. The Balaban J connectivity index is -0.000000258. The van der Waals surface area contributed by atoms with Gasteiger partial charge in [-0.15, -0.1) is 24.0 Å². The fourth-order valence-corrected chi connectivity index (χ4v) is 0.512. The van der Waals surface area contributed by atoms with E-state index in [2.05, 4.69) is 15.2 Å². The Bertz CT molecular complexity index is 223. The molecular weight excluding hydrogens is 301 g/mol. The maximum atomic E-state index is 3.93. The molecule has 0 spiro atoms. The van der Waals surface area contributed by atoms with Gasteiger partial charge in [0.25, 0.3) is 0 Å². The predicted molar refractivity (Wildman–Crippen MR) is 76.9 cm³/mol. The van der Waals surface area contributed by atoms with E-state index in [1.165, 1.54) is 0 Å². The van der Waals surface area contributed by atoms with Gasteiger partial charge in [-0.05, 0) is 19.1 Å². The fourth-order valence-electron chi connectivity index (χ4n) is 0.512. The van der Waals surface area contributed by atoms with E-state index in [0.717, 1.165) is 5.69 Å². The quantitative estimate of drug-likeness (QED) is 0.736. The van der Waals surface area contributed by atoms with Crippen molar-refractivity contribution in [1.82, 2.24) is 15.2 Å². The molecule has 0 amide bonds. The maximum Gasteiger partial charge on any atom is 0.0487 e. The van der Waals surface area contributed by atoms with Crippen molar-refractivity contribution in [3.05, 3.63) is 36.4 Å². The first-order valence-electron chi connectivity index (χ1n) is 5.04. The molecule has 0 aliphatic carbocycles. The minimum atomic E-state index is 0. The number of aromatic nitrogens is 3. The number of aromatic amines is 1. The lowest BCUT2D eigenvalue weighted by atomic mass is 10.5. The van der Waals surface area contributed by atoms with Gasteiger partial charge in [-0.1, -0.05) is 27.7 Å². The van der Waals surface area contributed by atoms with Gasteiger partial charge in [-0.25, -0.2) is 0 Å². The lowest BCUT2D eigenvalue weighted by Gasteiger charge is -1.78. The minimum absolute atomic E-state index is 0. The second kappa shape index (κ2) is 19.0. The first-order chi connectivity index (χ1) is 6.89. The molecule has 0 saturated carbocycles. The number of hydrogen-bond acceptors (Lipinski definition) is 2. The monoisotopic (exact) mass is 323 g/mol. The zero-order chi connectivity index (χ0) is 11.2. The molecule has 1 aromatic rings. The van der Waals surface area contributed by atoms with Crippen molar-refractivity contribution >= 4 is 24.0 Å². The number of H-pyrrole nitrogens is 1. The first kappa shape index (κ1) is 19.9. The number of hydrogen-bond donors (Lipinski definition) is 1. The van der Waals surface area contributed by atoms with Crippen molar-refractivity contribution in [2.24, 2.45) is 0 Å². The predicted octanol–water partition coefficient (Wildman–Crippen LogP) is 3.91. The topological polar surface area (TPSA) is 41.6 Å². The summed E-state index contributed by atoms with van der Waals surface area (Å²) < 4.78 is 0. The highest BCUT2D eigenvalue weighted by Crippen LogP contribution is 1.79. The summed E-state index contributed by atoms with van der Waals surface area (Å²) in [6, 6.07) is 3.61. The Kier molecular flexibility index (Phi) is 25.2. The molecule has 0 atom stereocenters.